The molecule has 1 rings (SSSR count). The third-order valence-electron chi connectivity index (χ3n) is 2.46. The Balaban J connectivity index is 2.59. The fraction of sp³-hybridized carbons (Fsp3) is 0.462. The van der Waals surface area contributed by atoms with Crippen LogP contribution in [0.25, 0.3) is 0 Å². The molecule has 0 radical (unpaired) electrons. The minimum absolute atomic E-state index is 0.126. The van der Waals surface area contributed by atoms with Crippen LogP contribution in [-0.4, -0.2) is 36.8 Å². The van der Waals surface area contributed by atoms with Gasteiger partial charge in [0.25, 0.3) is 0 Å². The second-order valence-electron chi connectivity index (χ2n) is 3.77. The number of methoxy groups -OCH3 is 1. The van der Waals surface area contributed by atoms with E-state index in [2.05, 4.69) is 12.6 Å². The first-order valence-corrected chi connectivity index (χ1v) is 6.32. The predicted molar refractivity (Wildman–Crippen MR) is 72.2 cm³/mol. The van der Waals surface area contributed by atoms with Crippen LogP contribution in [0, 0.1) is 0 Å². The van der Waals surface area contributed by atoms with Crippen LogP contribution < -0.4 is 0 Å². The molecular formula is C13H19NO2S. The van der Waals surface area contributed by atoms with E-state index >= 15 is 0 Å². The van der Waals surface area contributed by atoms with Crippen LogP contribution in [0.1, 0.15) is 12.0 Å². The molecule has 0 atom stereocenters. The number of benzene rings is 1. The maximum absolute atomic E-state index is 11.9. The summed E-state index contributed by atoms with van der Waals surface area (Å²) in [7, 11) is 1.64. The number of ether oxygens (including phenoxy) is 1. The van der Waals surface area contributed by atoms with Gasteiger partial charge in [-0.1, -0.05) is 30.3 Å². The van der Waals surface area contributed by atoms with Crippen molar-refractivity contribution in [3.63, 3.8) is 0 Å². The Bertz CT molecular complexity index is 329. The second-order valence-corrected chi connectivity index (χ2v) is 4.21. The average Bonchev–Trinajstić information content (AvgIpc) is 2.36. The summed E-state index contributed by atoms with van der Waals surface area (Å²) in [6, 6.07) is 9.97. The van der Waals surface area contributed by atoms with Gasteiger partial charge >= 0.3 is 0 Å². The maximum atomic E-state index is 11.9. The smallest absolute Gasteiger partial charge is 0.223 e. The van der Waals surface area contributed by atoms with Crippen molar-refractivity contribution >= 4 is 18.5 Å². The maximum Gasteiger partial charge on any atom is 0.223 e. The fourth-order valence-electron chi connectivity index (χ4n) is 1.55. The van der Waals surface area contributed by atoms with E-state index in [-0.39, 0.29) is 5.91 Å². The van der Waals surface area contributed by atoms with Crippen molar-refractivity contribution in [2.45, 2.75) is 13.0 Å². The van der Waals surface area contributed by atoms with E-state index in [1.54, 1.807) is 7.11 Å². The summed E-state index contributed by atoms with van der Waals surface area (Å²) in [6.07, 6.45) is 0.472. The van der Waals surface area contributed by atoms with Gasteiger partial charge in [0.15, 0.2) is 0 Å². The lowest BCUT2D eigenvalue weighted by atomic mass is 10.2. The van der Waals surface area contributed by atoms with Crippen LogP contribution in [0.2, 0.25) is 0 Å². The molecule has 1 amide bonds. The molecule has 1 aromatic rings. The Morgan fingerprint density at radius 1 is 1.35 bits per heavy atom. The normalized spacial score (nSPS) is 10.2. The second kappa shape index (κ2) is 8.14. The molecular weight excluding hydrogens is 234 g/mol. The van der Waals surface area contributed by atoms with E-state index < -0.39 is 0 Å². The van der Waals surface area contributed by atoms with Crippen molar-refractivity contribution in [1.29, 1.82) is 0 Å². The monoisotopic (exact) mass is 253 g/mol. The largest absolute Gasteiger partial charge is 0.383 e. The zero-order valence-corrected chi connectivity index (χ0v) is 11.0. The number of rotatable bonds is 7. The molecule has 94 valence electrons. The number of hydrogen-bond donors (Lipinski definition) is 1. The van der Waals surface area contributed by atoms with Crippen LogP contribution in [0.5, 0.6) is 0 Å². The molecule has 0 bridgehead atoms. The summed E-state index contributed by atoms with van der Waals surface area (Å²) in [5, 5.41) is 0. The number of thiol groups is 1. The third kappa shape index (κ3) is 5.24. The molecule has 1 aromatic carbocycles. The molecule has 4 heteroatoms. The molecule has 17 heavy (non-hydrogen) atoms. The Labute approximate surface area is 108 Å². The zero-order chi connectivity index (χ0) is 12.5. The summed E-state index contributed by atoms with van der Waals surface area (Å²) in [5.41, 5.74) is 1.14. The van der Waals surface area contributed by atoms with E-state index in [1.165, 1.54) is 0 Å². The number of carbonyl (C=O) groups excluding carboxylic acids is 1. The topological polar surface area (TPSA) is 29.5 Å². The lowest BCUT2D eigenvalue weighted by Gasteiger charge is -2.22. The molecule has 0 heterocycles. The Hall–Kier alpha value is -1.000. The minimum atomic E-state index is 0.126. The Kier molecular flexibility index (Phi) is 6.74. The summed E-state index contributed by atoms with van der Waals surface area (Å²) in [4.78, 5) is 13.7. The van der Waals surface area contributed by atoms with E-state index in [9.17, 15) is 4.79 Å². The van der Waals surface area contributed by atoms with Gasteiger partial charge in [0.05, 0.1) is 6.61 Å². The van der Waals surface area contributed by atoms with Crippen LogP contribution in [0.4, 0.5) is 0 Å². The van der Waals surface area contributed by atoms with Gasteiger partial charge in [-0.3, -0.25) is 4.79 Å². The highest BCUT2D eigenvalue weighted by Gasteiger charge is 2.12. The van der Waals surface area contributed by atoms with Gasteiger partial charge in [-0.2, -0.15) is 12.6 Å². The van der Waals surface area contributed by atoms with Crippen molar-refractivity contribution in [2.75, 3.05) is 26.0 Å². The molecule has 3 nitrogen and oxygen atoms in total. The van der Waals surface area contributed by atoms with Gasteiger partial charge in [0, 0.05) is 26.6 Å². The highest BCUT2D eigenvalue weighted by Crippen LogP contribution is 2.06. The molecule has 0 aliphatic carbocycles. The SMILES string of the molecule is COCCN(Cc1ccccc1)C(=O)CCS. The molecule has 0 aromatic heterocycles. The van der Waals surface area contributed by atoms with Gasteiger partial charge < -0.3 is 9.64 Å². The van der Waals surface area contributed by atoms with Crippen molar-refractivity contribution in [3.8, 4) is 0 Å². The highest BCUT2D eigenvalue weighted by atomic mass is 32.1. The summed E-state index contributed by atoms with van der Waals surface area (Å²) in [5.74, 6) is 0.706. The molecule has 0 saturated carbocycles. The van der Waals surface area contributed by atoms with Crippen LogP contribution in [0.3, 0.4) is 0 Å². The van der Waals surface area contributed by atoms with E-state index in [4.69, 9.17) is 4.74 Å². The molecule has 0 unspecified atom stereocenters. The molecule has 0 N–H and O–H groups in total. The van der Waals surface area contributed by atoms with Gasteiger partial charge in [-0.15, -0.1) is 0 Å². The fourth-order valence-corrected chi connectivity index (χ4v) is 1.74. The minimum Gasteiger partial charge on any atom is -0.383 e. The first-order valence-electron chi connectivity index (χ1n) is 5.69. The predicted octanol–water partition coefficient (Wildman–Crippen LogP) is 1.98. The van der Waals surface area contributed by atoms with Crippen LogP contribution in [-0.2, 0) is 16.1 Å². The van der Waals surface area contributed by atoms with E-state index in [1.807, 2.05) is 35.2 Å². The van der Waals surface area contributed by atoms with Gasteiger partial charge in [0.2, 0.25) is 5.91 Å². The Morgan fingerprint density at radius 3 is 2.65 bits per heavy atom. The third-order valence-corrected chi connectivity index (χ3v) is 2.68. The van der Waals surface area contributed by atoms with Gasteiger partial charge in [-0.05, 0) is 11.3 Å². The van der Waals surface area contributed by atoms with Crippen LogP contribution in [0.15, 0.2) is 30.3 Å². The number of amides is 1. The number of nitrogens with zero attached hydrogens (tertiary/aromatic N) is 1. The standard InChI is InChI=1S/C13H19NO2S/c1-16-9-8-14(13(15)7-10-17)11-12-5-3-2-4-6-12/h2-6,17H,7-11H2,1H3. The molecule has 0 aliphatic heterocycles. The van der Waals surface area contributed by atoms with E-state index in [0.29, 0.717) is 31.9 Å². The van der Waals surface area contributed by atoms with E-state index in [0.717, 1.165) is 5.56 Å². The lowest BCUT2D eigenvalue weighted by molar-refractivity contribution is -0.132. The quantitative estimate of drug-likeness (QED) is 0.753. The summed E-state index contributed by atoms with van der Waals surface area (Å²) >= 11 is 4.09. The van der Waals surface area contributed by atoms with Gasteiger partial charge in [0.1, 0.15) is 0 Å². The van der Waals surface area contributed by atoms with Crippen molar-refractivity contribution in [3.05, 3.63) is 35.9 Å². The molecule has 0 aliphatic rings. The molecule has 0 fully saturated rings. The number of carbonyl (C=O) groups is 1. The zero-order valence-electron chi connectivity index (χ0n) is 10.1. The molecule has 0 saturated heterocycles. The summed E-state index contributed by atoms with van der Waals surface area (Å²) in [6.45, 7) is 1.82. The van der Waals surface area contributed by atoms with Gasteiger partial charge in [-0.25, -0.2) is 0 Å². The van der Waals surface area contributed by atoms with Crippen molar-refractivity contribution < 1.29 is 9.53 Å². The highest BCUT2D eigenvalue weighted by molar-refractivity contribution is 7.80. The van der Waals surface area contributed by atoms with Crippen molar-refractivity contribution in [2.24, 2.45) is 0 Å². The summed E-state index contributed by atoms with van der Waals surface area (Å²) < 4.78 is 5.03. The average molecular weight is 253 g/mol. The lowest BCUT2D eigenvalue weighted by Crippen LogP contribution is -2.33. The van der Waals surface area contributed by atoms with Crippen LogP contribution >= 0.6 is 12.6 Å². The van der Waals surface area contributed by atoms with Crippen molar-refractivity contribution in [1.82, 2.24) is 4.90 Å². The Morgan fingerprint density at radius 2 is 2.06 bits per heavy atom. The first kappa shape index (κ1) is 14.1. The molecule has 0 spiro atoms. The first-order chi connectivity index (χ1) is 8.27. The number of hydrogen-bond acceptors (Lipinski definition) is 3.